The van der Waals surface area contributed by atoms with Gasteiger partial charge in [0.1, 0.15) is 0 Å². The lowest BCUT2D eigenvalue weighted by Crippen LogP contribution is -2.14. The fourth-order valence-corrected chi connectivity index (χ4v) is 2.33. The number of rotatable bonds is 3. The van der Waals surface area contributed by atoms with Crippen LogP contribution in [0.1, 0.15) is 37.0 Å². The molecule has 18 heavy (non-hydrogen) atoms. The summed E-state index contributed by atoms with van der Waals surface area (Å²) in [5.74, 6) is -0.462. The van der Waals surface area contributed by atoms with Gasteiger partial charge in [-0.3, -0.25) is 0 Å². The molecule has 1 aromatic rings. The average molecular weight is 273 g/mol. The summed E-state index contributed by atoms with van der Waals surface area (Å²) in [7, 11) is 0. The number of hydrogen-bond acceptors (Lipinski definition) is 4. The van der Waals surface area contributed by atoms with Gasteiger partial charge in [0.2, 0.25) is 6.79 Å². The maximum absolute atomic E-state index is 10.9. The number of carboxylic acid groups (broad SMARTS) is 1. The molecule has 0 fully saturated rings. The van der Waals surface area contributed by atoms with E-state index in [1.54, 1.807) is 0 Å². The zero-order valence-electron chi connectivity index (χ0n) is 9.94. The standard InChI is InChI=1S/C12H13ClO5/c1-5(2)8-9(10(14)12(15)16)6(13)3-7-11(8)18-4-17-7/h3,5,10,14H,4H2,1-2H3,(H,15,16). The number of aliphatic hydroxyl groups is 1. The van der Waals surface area contributed by atoms with Gasteiger partial charge in [-0.05, 0) is 5.92 Å². The predicted molar refractivity (Wildman–Crippen MR) is 64.3 cm³/mol. The Kier molecular flexibility index (Phi) is 3.36. The Morgan fingerprint density at radius 1 is 1.39 bits per heavy atom. The Hall–Kier alpha value is -1.46. The molecule has 2 rings (SSSR count). The van der Waals surface area contributed by atoms with Crippen LogP contribution in [0.25, 0.3) is 0 Å². The average Bonchev–Trinajstić information content (AvgIpc) is 2.73. The molecule has 1 aromatic carbocycles. The molecule has 0 bridgehead atoms. The van der Waals surface area contributed by atoms with E-state index in [9.17, 15) is 9.90 Å². The van der Waals surface area contributed by atoms with Gasteiger partial charge in [0.05, 0.1) is 5.02 Å². The van der Waals surface area contributed by atoms with Gasteiger partial charge in [-0.2, -0.15) is 0 Å². The van der Waals surface area contributed by atoms with E-state index in [1.165, 1.54) is 6.07 Å². The number of halogens is 1. The van der Waals surface area contributed by atoms with Gasteiger partial charge >= 0.3 is 5.97 Å². The van der Waals surface area contributed by atoms with Crippen LogP contribution in [0.3, 0.4) is 0 Å². The number of carboxylic acids is 1. The summed E-state index contributed by atoms with van der Waals surface area (Å²) in [6.07, 6.45) is -1.68. The molecule has 2 N–H and O–H groups in total. The highest BCUT2D eigenvalue weighted by Crippen LogP contribution is 2.46. The van der Waals surface area contributed by atoms with E-state index >= 15 is 0 Å². The number of benzene rings is 1. The van der Waals surface area contributed by atoms with Gasteiger partial charge in [-0.1, -0.05) is 25.4 Å². The molecule has 1 aliphatic heterocycles. The molecular weight excluding hydrogens is 260 g/mol. The highest BCUT2D eigenvalue weighted by atomic mass is 35.5. The summed E-state index contributed by atoms with van der Waals surface area (Å²) in [6, 6.07) is 1.47. The minimum absolute atomic E-state index is 0.0526. The molecule has 0 aliphatic carbocycles. The van der Waals surface area contributed by atoms with Crippen molar-refractivity contribution in [3.05, 3.63) is 22.2 Å². The summed E-state index contributed by atoms with van der Waals surface area (Å²) in [5, 5.41) is 18.9. The third-order valence-corrected chi connectivity index (χ3v) is 3.09. The van der Waals surface area contributed by atoms with Crippen LogP contribution in [0.4, 0.5) is 0 Å². The Morgan fingerprint density at radius 2 is 2.06 bits per heavy atom. The van der Waals surface area contributed by atoms with Crippen LogP contribution in [-0.2, 0) is 4.79 Å². The molecule has 0 radical (unpaired) electrons. The smallest absolute Gasteiger partial charge is 0.337 e. The van der Waals surface area contributed by atoms with Gasteiger partial charge < -0.3 is 19.7 Å². The predicted octanol–water partition coefficient (Wildman–Crippen LogP) is 2.31. The first-order valence-corrected chi connectivity index (χ1v) is 5.84. The number of hydrogen-bond donors (Lipinski definition) is 2. The van der Waals surface area contributed by atoms with Crippen molar-refractivity contribution < 1.29 is 24.5 Å². The summed E-state index contributed by atoms with van der Waals surface area (Å²) in [4.78, 5) is 10.9. The lowest BCUT2D eigenvalue weighted by Gasteiger charge is -2.19. The molecule has 5 nitrogen and oxygen atoms in total. The molecule has 6 heteroatoms. The minimum atomic E-state index is -1.68. The van der Waals surface area contributed by atoms with Crippen LogP contribution in [0.5, 0.6) is 11.5 Å². The lowest BCUT2D eigenvalue weighted by molar-refractivity contribution is -0.147. The minimum Gasteiger partial charge on any atom is -0.479 e. The number of ether oxygens (including phenoxy) is 2. The Morgan fingerprint density at radius 3 is 2.61 bits per heavy atom. The molecular formula is C12H13ClO5. The second kappa shape index (κ2) is 4.66. The van der Waals surface area contributed by atoms with Crippen LogP contribution in [0.15, 0.2) is 6.07 Å². The van der Waals surface area contributed by atoms with E-state index < -0.39 is 12.1 Å². The number of aliphatic hydroxyl groups excluding tert-OH is 1. The van der Waals surface area contributed by atoms with Crippen molar-refractivity contribution in [2.75, 3.05) is 6.79 Å². The molecule has 1 aliphatic rings. The van der Waals surface area contributed by atoms with Gasteiger partial charge in [0.25, 0.3) is 0 Å². The van der Waals surface area contributed by atoms with Gasteiger partial charge in [0.15, 0.2) is 17.6 Å². The quantitative estimate of drug-likeness (QED) is 0.883. The molecule has 0 spiro atoms. The van der Waals surface area contributed by atoms with E-state index in [1.807, 2.05) is 13.8 Å². The topological polar surface area (TPSA) is 76.0 Å². The molecule has 1 atom stereocenters. The highest BCUT2D eigenvalue weighted by molar-refractivity contribution is 6.32. The molecule has 1 heterocycles. The zero-order chi connectivity index (χ0) is 13.4. The summed E-state index contributed by atoms with van der Waals surface area (Å²) < 4.78 is 10.6. The van der Waals surface area contributed by atoms with Crippen molar-refractivity contribution in [3.63, 3.8) is 0 Å². The monoisotopic (exact) mass is 272 g/mol. The van der Waals surface area contributed by atoms with Crippen molar-refractivity contribution in [3.8, 4) is 11.5 Å². The van der Waals surface area contributed by atoms with Crippen LogP contribution < -0.4 is 9.47 Å². The zero-order valence-corrected chi connectivity index (χ0v) is 10.7. The van der Waals surface area contributed by atoms with E-state index in [0.29, 0.717) is 17.1 Å². The molecule has 0 saturated carbocycles. The summed E-state index contributed by atoms with van der Waals surface area (Å²) in [6.45, 7) is 3.80. The van der Waals surface area contributed by atoms with E-state index in [4.69, 9.17) is 26.2 Å². The van der Waals surface area contributed by atoms with Crippen molar-refractivity contribution in [1.82, 2.24) is 0 Å². The van der Waals surface area contributed by atoms with Crippen LogP contribution in [-0.4, -0.2) is 23.0 Å². The Balaban J connectivity index is 2.68. The van der Waals surface area contributed by atoms with Crippen LogP contribution in [0, 0.1) is 0 Å². The fraction of sp³-hybridized carbons (Fsp3) is 0.417. The third-order valence-electron chi connectivity index (χ3n) is 2.78. The maximum Gasteiger partial charge on any atom is 0.337 e. The summed E-state index contributed by atoms with van der Waals surface area (Å²) in [5.41, 5.74) is 0.744. The second-order valence-electron chi connectivity index (χ2n) is 4.32. The largest absolute Gasteiger partial charge is 0.479 e. The summed E-state index contributed by atoms with van der Waals surface area (Å²) >= 11 is 6.04. The first-order valence-electron chi connectivity index (χ1n) is 5.46. The molecule has 98 valence electrons. The Bertz CT molecular complexity index is 498. The first-order chi connectivity index (χ1) is 8.43. The van der Waals surface area contributed by atoms with Crippen molar-refractivity contribution >= 4 is 17.6 Å². The van der Waals surface area contributed by atoms with Crippen LogP contribution in [0.2, 0.25) is 5.02 Å². The SMILES string of the molecule is CC(C)c1c2c(cc(Cl)c1C(O)C(=O)O)OCO2. The van der Waals surface area contributed by atoms with Gasteiger partial charge in [-0.15, -0.1) is 0 Å². The van der Waals surface area contributed by atoms with Crippen molar-refractivity contribution in [2.45, 2.75) is 25.9 Å². The van der Waals surface area contributed by atoms with Gasteiger partial charge in [0, 0.05) is 17.2 Å². The number of carbonyl (C=O) groups is 1. The number of fused-ring (bicyclic) bond motifs is 1. The lowest BCUT2D eigenvalue weighted by atomic mass is 9.92. The highest BCUT2D eigenvalue weighted by Gasteiger charge is 2.31. The van der Waals surface area contributed by atoms with E-state index in [2.05, 4.69) is 0 Å². The molecule has 1 unspecified atom stereocenters. The molecule has 0 amide bonds. The first kappa shape index (κ1) is 13.0. The molecule has 0 aromatic heterocycles. The fourth-order valence-electron chi connectivity index (χ4n) is 2.02. The normalized spacial score (nSPS) is 14.9. The Labute approximate surface area is 109 Å². The van der Waals surface area contributed by atoms with Gasteiger partial charge in [-0.25, -0.2) is 4.79 Å². The maximum atomic E-state index is 10.9. The second-order valence-corrected chi connectivity index (χ2v) is 4.72. The van der Waals surface area contributed by atoms with E-state index in [-0.39, 0.29) is 23.3 Å². The van der Waals surface area contributed by atoms with Crippen LogP contribution >= 0.6 is 11.6 Å². The van der Waals surface area contributed by atoms with Crippen molar-refractivity contribution in [2.24, 2.45) is 0 Å². The third kappa shape index (κ3) is 2.00. The number of aliphatic carboxylic acids is 1. The van der Waals surface area contributed by atoms with Crippen molar-refractivity contribution in [1.29, 1.82) is 0 Å². The molecule has 0 saturated heterocycles. The van der Waals surface area contributed by atoms with E-state index in [0.717, 1.165) is 0 Å².